The normalized spacial score (nSPS) is 24.7. The highest BCUT2D eigenvalue weighted by Gasteiger charge is 2.43. The largest absolute Gasteiger partial charge is 0.457 e. The van der Waals surface area contributed by atoms with E-state index >= 15 is 0 Å². The van der Waals surface area contributed by atoms with Gasteiger partial charge in [-0.3, -0.25) is 0 Å². The molecular weight excluding hydrogens is 502 g/mol. The number of anilines is 1. The van der Waals surface area contributed by atoms with Crippen LogP contribution in [0.1, 0.15) is 5.76 Å². The zero-order valence-electron chi connectivity index (χ0n) is 20.0. The van der Waals surface area contributed by atoms with Crippen LogP contribution in [0.5, 0.6) is 0 Å². The first-order valence-corrected chi connectivity index (χ1v) is 12.8. The molecule has 2 aromatic carbocycles. The van der Waals surface area contributed by atoms with Crippen LogP contribution < -0.4 is 9.62 Å². The lowest BCUT2D eigenvalue weighted by molar-refractivity contribution is -0.279. The summed E-state index contributed by atoms with van der Waals surface area (Å²) in [7, 11) is -0.440. The number of nitrogens with zero attached hydrogens (tertiary/aromatic N) is 2. The predicted molar refractivity (Wildman–Crippen MR) is 135 cm³/mol. The van der Waals surface area contributed by atoms with Crippen LogP contribution in [0, 0.1) is 11.3 Å². The van der Waals surface area contributed by atoms with Crippen LogP contribution in [0.15, 0.2) is 57.9 Å². The van der Waals surface area contributed by atoms with Gasteiger partial charge >= 0.3 is 0 Å². The summed E-state index contributed by atoms with van der Waals surface area (Å²) in [6.07, 6.45) is -7.27. The molecule has 3 aromatic rings. The lowest BCUT2D eigenvalue weighted by Gasteiger charge is -2.38. The van der Waals surface area contributed by atoms with E-state index in [-0.39, 0.29) is 5.76 Å². The van der Waals surface area contributed by atoms with Crippen LogP contribution in [0.4, 0.5) is 5.69 Å². The maximum absolute atomic E-state index is 12.7. The predicted octanol–water partition coefficient (Wildman–Crippen LogP) is 0.750. The Balaban J connectivity index is 1.50. The van der Waals surface area contributed by atoms with Crippen LogP contribution in [0.2, 0.25) is 0 Å². The molecule has 1 aliphatic heterocycles. The van der Waals surface area contributed by atoms with Gasteiger partial charge in [-0.05, 0) is 41.1 Å². The molecule has 4 rings (SSSR count). The maximum atomic E-state index is 12.7. The van der Waals surface area contributed by atoms with E-state index in [0.29, 0.717) is 5.76 Å². The molecule has 196 valence electrons. The Kier molecular flexibility index (Phi) is 7.67. The molecule has 11 nitrogen and oxygen atoms in total. The highest BCUT2D eigenvalue weighted by Crippen LogP contribution is 2.29. The molecule has 0 aliphatic carbocycles. The first-order chi connectivity index (χ1) is 17.5. The minimum atomic E-state index is -4.37. The Hall–Kier alpha value is -3.28. The monoisotopic (exact) mass is 529 g/mol. The molecule has 0 radical (unpaired) electrons. The Morgan fingerprint density at radius 1 is 1.03 bits per heavy atom. The van der Waals surface area contributed by atoms with Crippen molar-refractivity contribution in [3.05, 3.63) is 59.2 Å². The smallest absolute Gasteiger partial charge is 0.250 e. The number of nitrogens with one attached hydrogen (secondary N) is 1. The van der Waals surface area contributed by atoms with E-state index in [1.54, 1.807) is 12.1 Å². The van der Waals surface area contributed by atoms with Crippen molar-refractivity contribution in [3.8, 4) is 17.4 Å². The van der Waals surface area contributed by atoms with Crippen molar-refractivity contribution in [1.82, 2.24) is 4.72 Å². The zero-order valence-corrected chi connectivity index (χ0v) is 20.8. The van der Waals surface area contributed by atoms with E-state index < -0.39 is 52.2 Å². The lowest BCUT2D eigenvalue weighted by atomic mass is 9.99. The second-order valence-electron chi connectivity index (χ2n) is 8.85. The molecule has 1 aliphatic rings. The van der Waals surface area contributed by atoms with Gasteiger partial charge < -0.3 is 34.5 Å². The van der Waals surface area contributed by atoms with Crippen LogP contribution in [-0.2, 0) is 14.8 Å². The van der Waals surface area contributed by atoms with Crippen LogP contribution in [-0.4, -0.2) is 80.2 Å². The number of fused-ring (bicyclic) bond motifs is 1. The van der Waals surface area contributed by atoms with Crippen molar-refractivity contribution in [1.29, 1.82) is 5.26 Å². The average Bonchev–Trinajstić information content (AvgIpc) is 3.35. The van der Waals surface area contributed by atoms with Crippen molar-refractivity contribution in [2.45, 2.75) is 30.7 Å². The second-order valence-corrected chi connectivity index (χ2v) is 10.6. The van der Waals surface area contributed by atoms with Gasteiger partial charge in [-0.1, -0.05) is 18.2 Å². The minimum absolute atomic E-state index is 0.128. The molecule has 1 fully saturated rings. The van der Waals surface area contributed by atoms with Gasteiger partial charge in [0.05, 0.1) is 0 Å². The highest BCUT2D eigenvalue weighted by atomic mass is 32.2. The Morgan fingerprint density at radius 3 is 2.43 bits per heavy atom. The summed E-state index contributed by atoms with van der Waals surface area (Å²) in [5.41, 5.74) is 1.84. The van der Waals surface area contributed by atoms with Crippen LogP contribution >= 0.6 is 0 Å². The topological polar surface area (TPSA) is 176 Å². The van der Waals surface area contributed by atoms with Gasteiger partial charge in [0.15, 0.2) is 11.2 Å². The summed E-state index contributed by atoms with van der Waals surface area (Å²) in [5, 5.41) is 50.4. The molecule has 2 heterocycles. The maximum Gasteiger partial charge on any atom is 0.250 e. The third-order valence-corrected chi connectivity index (χ3v) is 7.42. The van der Waals surface area contributed by atoms with Crippen molar-refractivity contribution in [2.24, 2.45) is 0 Å². The fraction of sp³-hybridized carbons (Fsp3) is 0.320. The number of hydrogen-bond donors (Lipinski definition) is 5. The third kappa shape index (κ3) is 5.68. The van der Waals surface area contributed by atoms with E-state index in [1.165, 1.54) is 6.07 Å². The molecule has 0 amide bonds. The van der Waals surface area contributed by atoms with Crippen molar-refractivity contribution in [3.63, 3.8) is 0 Å². The van der Waals surface area contributed by atoms with Crippen LogP contribution in [0.3, 0.4) is 0 Å². The number of furan rings is 1. The van der Waals surface area contributed by atoms with Gasteiger partial charge in [-0.25, -0.2) is 13.1 Å². The van der Waals surface area contributed by atoms with E-state index in [9.17, 15) is 34.1 Å². The number of sulfonamides is 1. The van der Waals surface area contributed by atoms with Crippen molar-refractivity contribution >= 4 is 32.6 Å². The fourth-order valence-corrected chi connectivity index (χ4v) is 4.85. The first kappa shape index (κ1) is 26.8. The number of hydrogen-bond acceptors (Lipinski definition) is 10. The Bertz CT molecular complexity index is 1460. The molecule has 0 spiro atoms. The average molecular weight is 530 g/mol. The minimum Gasteiger partial charge on any atom is -0.457 e. The Labute approximate surface area is 213 Å². The van der Waals surface area contributed by atoms with Gasteiger partial charge in [0.1, 0.15) is 42.0 Å². The molecule has 1 aromatic heterocycles. The van der Waals surface area contributed by atoms with E-state index in [4.69, 9.17) is 9.15 Å². The number of nitriles is 1. The molecule has 37 heavy (non-hydrogen) atoms. The number of aliphatic hydroxyl groups excluding tert-OH is 4. The van der Waals surface area contributed by atoms with Gasteiger partial charge in [-0.15, -0.1) is 0 Å². The fourth-order valence-electron chi connectivity index (χ4n) is 3.92. The molecule has 0 saturated carbocycles. The number of aliphatic hydroxyl groups is 4. The van der Waals surface area contributed by atoms with E-state index in [0.717, 1.165) is 28.1 Å². The second kappa shape index (κ2) is 10.6. The molecule has 5 atom stereocenters. The zero-order chi connectivity index (χ0) is 26.9. The lowest BCUT2D eigenvalue weighted by Crippen LogP contribution is -2.59. The van der Waals surface area contributed by atoms with Gasteiger partial charge in [0.2, 0.25) is 0 Å². The van der Waals surface area contributed by atoms with Crippen molar-refractivity contribution in [2.75, 3.05) is 25.5 Å². The third-order valence-electron chi connectivity index (χ3n) is 6.09. The summed E-state index contributed by atoms with van der Waals surface area (Å²) >= 11 is 0. The summed E-state index contributed by atoms with van der Waals surface area (Å²) in [5.74, 6) is 0.607. The standard InChI is InChI=1S/C25H27N3O8S/c1-28(2)17-6-5-14-9-16(4-3-15(14)10-17)20-8-7-18(35-20)11-19(12-26)37(33,34)27-13-21-22(29)23(30)24(31)25(32)36-21/h3-11,21-25,27,29-32H,13H2,1-2H3/b19-11+/t21-,22-,23+,24-,25?/m1/s1. The molecule has 1 saturated heterocycles. The molecule has 1 unspecified atom stereocenters. The first-order valence-electron chi connectivity index (χ1n) is 11.3. The van der Waals surface area contributed by atoms with E-state index in [1.807, 2.05) is 49.3 Å². The SMILES string of the molecule is CN(C)c1ccc2cc(-c3ccc(/C=C(\C#N)S(=O)(=O)NC[C@H]4OC(O)[C@H](O)[C@@H](O)[C@@H]4O)o3)ccc2c1. The summed E-state index contributed by atoms with van der Waals surface area (Å²) in [6.45, 7) is -0.570. The number of rotatable bonds is 7. The quantitative estimate of drug-likeness (QED) is 0.275. The summed E-state index contributed by atoms with van der Waals surface area (Å²) in [6, 6.07) is 16.6. The molecular formula is C25H27N3O8S. The van der Waals surface area contributed by atoms with Gasteiger partial charge in [-0.2, -0.15) is 5.26 Å². The number of benzene rings is 2. The Morgan fingerprint density at radius 2 is 1.73 bits per heavy atom. The number of ether oxygens (including phenoxy) is 1. The summed E-state index contributed by atoms with van der Waals surface area (Å²) in [4.78, 5) is 1.35. The summed E-state index contributed by atoms with van der Waals surface area (Å²) < 4.78 is 38.2. The van der Waals surface area contributed by atoms with Crippen molar-refractivity contribution < 1.29 is 38.0 Å². The molecule has 5 N–H and O–H groups in total. The van der Waals surface area contributed by atoms with Gasteiger partial charge in [0.25, 0.3) is 10.0 Å². The van der Waals surface area contributed by atoms with Gasteiger partial charge in [0, 0.05) is 38.0 Å². The molecule has 12 heteroatoms. The number of allylic oxidation sites excluding steroid dienone is 1. The molecule has 0 bridgehead atoms. The van der Waals surface area contributed by atoms with Crippen LogP contribution in [0.25, 0.3) is 28.2 Å². The highest BCUT2D eigenvalue weighted by molar-refractivity contribution is 7.93. The van der Waals surface area contributed by atoms with E-state index in [2.05, 4.69) is 10.8 Å².